The summed E-state index contributed by atoms with van der Waals surface area (Å²) in [4.78, 5) is 19.2. The van der Waals surface area contributed by atoms with Gasteiger partial charge < -0.3 is 19.4 Å². The summed E-state index contributed by atoms with van der Waals surface area (Å²) in [5, 5.41) is 10.6. The lowest BCUT2D eigenvalue weighted by Crippen LogP contribution is -2.23. The number of carboxylic acid groups (broad SMARTS) is 1. The van der Waals surface area contributed by atoms with Crippen molar-refractivity contribution in [3.8, 4) is 5.69 Å². The molecular weight excluding hydrogens is 452 g/mol. The summed E-state index contributed by atoms with van der Waals surface area (Å²) in [6.45, 7) is 1.30. The van der Waals surface area contributed by atoms with Gasteiger partial charge >= 0.3 is 5.97 Å². The Hall–Kier alpha value is -3.26. The third-order valence-electron chi connectivity index (χ3n) is 7.84. The standard InChI is InChI=1S/C27H27F2N3O3/c28-20-6-5-18(11-21(20)29)32-24-13-23-22(30-14-31-23)12-19(24)25(26(32)16-7-9-35-10-8-16)15-1-3-17(4-2-15)27(33)34/h5-6,11-17H,1-4,7-10H2,(H,30,31)(H,33,34). The Morgan fingerprint density at radius 3 is 2.49 bits per heavy atom. The molecule has 2 aromatic carbocycles. The normalized spacial score (nSPS) is 21.7. The molecule has 1 saturated carbocycles. The number of rotatable bonds is 4. The van der Waals surface area contributed by atoms with Crippen molar-refractivity contribution in [2.24, 2.45) is 5.92 Å². The van der Waals surface area contributed by atoms with Crippen LogP contribution in [0, 0.1) is 17.6 Å². The van der Waals surface area contributed by atoms with Crippen molar-refractivity contribution in [2.75, 3.05) is 13.2 Å². The number of hydrogen-bond acceptors (Lipinski definition) is 3. The Morgan fingerprint density at radius 2 is 1.77 bits per heavy atom. The third-order valence-corrected chi connectivity index (χ3v) is 7.84. The van der Waals surface area contributed by atoms with E-state index in [-0.39, 0.29) is 17.8 Å². The van der Waals surface area contributed by atoms with Crippen molar-refractivity contribution in [3.05, 3.63) is 59.6 Å². The number of fused-ring (bicyclic) bond motifs is 2. The van der Waals surface area contributed by atoms with Crippen LogP contribution < -0.4 is 0 Å². The number of carbonyl (C=O) groups is 1. The average Bonchev–Trinajstić information content (AvgIpc) is 3.46. The second-order valence-corrected chi connectivity index (χ2v) is 9.80. The molecule has 1 saturated heterocycles. The van der Waals surface area contributed by atoms with Crippen LogP contribution in [0.1, 0.15) is 61.6 Å². The number of H-pyrrole nitrogens is 1. The number of halogens is 2. The van der Waals surface area contributed by atoms with Crippen LogP contribution in [-0.4, -0.2) is 38.8 Å². The molecule has 3 heterocycles. The van der Waals surface area contributed by atoms with E-state index >= 15 is 0 Å². The number of nitrogens with zero attached hydrogens (tertiary/aromatic N) is 2. The number of aliphatic carboxylic acids is 1. The van der Waals surface area contributed by atoms with E-state index in [4.69, 9.17) is 4.74 Å². The van der Waals surface area contributed by atoms with Crippen LogP contribution in [0.5, 0.6) is 0 Å². The van der Waals surface area contributed by atoms with Gasteiger partial charge in [-0.05, 0) is 74.3 Å². The van der Waals surface area contributed by atoms with Crippen molar-refractivity contribution in [2.45, 2.75) is 50.4 Å². The molecule has 0 atom stereocenters. The molecule has 0 radical (unpaired) electrons. The molecule has 0 spiro atoms. The van der Waals surface area contributed by atoms with Crippen molar-refractivity contribution in [1.29, 1.82) is 0 Å². The Bertz CT molecular complexity index is 1410. The third kappa shape index (κ3) is 3.80. The maximum Gasteiger partial charge on any atom is 0.306 e. The Kier molecular flexibility index (Phi) is 5.56. The van der Waals surface area contributed by atoms with E-state index in [0.717, 1.165) is 53.3 Å². The van der Waals surface area contributed by atoms with E-state index in [2.05, 4.69) is 20.6 Å². The summed E-state index contributed by atoms with van der Waals surface area (Å²) in [5.74, 6) is -2.40. The van der Waals surface area contributed by atoms with Gasteiger partial charge in [0.15, 0.2) is 11.6 Å². The van der Waals surface area contributed by atoms with Gasteiger partial charge in [-0.2, -0.15) is 0 Å². The first-order chi connectivity index (χ1) is 17.0. The minimum atomic E-state index is -0.883. The summed E-state index contributed by atoms with van der Waals surface area (Å²) in [6.07, 6.45) is 6.18. The number of ether oxygens (including phenoxy) is 1. The summed E-state index contributed by atoms with van der Waals surface area (Å²) < 4.78 is 36.1. The van der Waals surface area contributed by atoms with E-state index in [1.807, 2.05) is 6.07 Å². The lowest BCUT2D eigenvalue weighted by atomic mass is 9.76. The zero-order valence-corrected chi connectivity index (χ0v) is 19.3. The number of aromatic nitrogens is 3. The summed E-state index contributed by atoms with van der Waals surface area (Å²) in [5.41, 5.74) is 5.53. The molecule has 1 aliphatic heterocycles. The van der Waals surface area contributed by atoms with Gasteiger partial charge in [0.1, 0.15) is 0 Å². The molecule has 8 heteroatoms. The average molecular weight is 480 g/mol. The van der Waals surface area contributed by atoms with Crippen molar-refractivity contribution in [1.82, 2.24) is 14.5 Å². The largest absolute Gasteiger partial charge is 0.481 e. The van der Waals surface area contributed by atoms with Crippen LogP contribution in [0.4, 0.5) is 8.78 Å². The smallest absolute Gasteiger partial charge is 0.306 e. The number of hydrogen-bond donors (Lipinski definition) is 2. The van der Waals surface area contributed by atoms with Gasteiger partial charge in [-0.1, -0.05) is 0 Å². The highest BCUT2D eigenvalue weighted by Gasteiger charge is 2.34. The van der Waals surface area contributed by atoms with Crippen molar-refractivity contribution in [3.63, 3.8) is 0 Å². The quantitative estimate of drug-likeness (QED) is 0.374. The molecule has 2 aliphatic rings. The molecule has 2 aromatic heterocycles. The van der Waals surface area contributed by atoms with Crippen LogP contribution in [0.15, 0.2) is 36.7 Å². The lowest BCUT2D eigenvalue weighted by Gasteiger charge is -2.30. The first kappa shape index (κ1) is 22.2. The summed E-state index contributed by atoms with van der Waals surface area (Å²) >= 11 is 0. The second kappa shape index (κ2) is 8.75. The van der Waals surface area contributed by atoms with Gasteiger partial charge in [-0.3, -0.25) is 4.79 Å². The SMILES string of the molecule is O=C(O)C1CCC(c2c(C3CCOCC3)n(-c3ccc(F)c(F)c3)c3cc4nc[nH]c4cc23)CC1. The molecule has 2 N–H and O–H groups in total. The lowest BCUT2D eigenvalue weighted by molar-refractivity contribution is -0.142. The molecule has 6 nitrogen and oxygen atoms in total. The van der Waals surface area contributed by atoms with Crippen LogP contribution >= 0.6 is 0 Å². The minimum Gasteiger partial charge on any atom is -0.481 e. The fourth-order valence-electron chi connectivity index (χ4n) is 6.09. The van der Waals surface area contributed by atoms with Gasteiger partial charge in [0, 0.05) is 42.0 Å². The summed E-state index contributed by atoms with van der Waals surface area (Å²) in [6, 6.07) is 8.18. The van der Waals surface area contributed by atoms with Crippen LogP contribution in [0.3, 0.4) is 0 Å². The van der Waals surface area contributed by atoms with Gasteiger partial charge in [-0.25, -0.2) is 13.8 Å². The summed E-state index contributed by atoms with van der Waals surface area (Å²) in [7, 11) is 0. The predicted molar refractivity (Wildman–Crippen MR) is 128 cm³/mol. The molecular formula is C27H27F2N3O3. The predicted octanol–water partition coefficient (Wildman–Crippen LogP) is 6.04. The van der Waals surface area contributed by atoms with Gasteiger partial charge in [-0.15, -0.1) is 0 Å². The first-order valence-corrected chi connectivity index (χ1v) is 12.3. The molecule has 0 bridgehead atoms. The molecule has 182 valence electrons. The second-order valence-electron chi connectivity index (χ2n) is 9.80. The highest BCUT2D eigenvalue weighted by atomic mass is 19.2. The van der Waals surface area contributed by atoms with Crippen LogP contribution in [-0.2, 0) is 9.53 Å². The van der Waals surface area contributed by atoms with E-state index < -0.39 is 17.6 Å². The minimum absolute atomic E-state index is 0.192. The zero-order valence-electron chi connectivity index (χ0n) is 19.3. The first-order valence-electron chi connectivity index (χ1n) is 12.3. The fourth-order valence-corrected chi connectivity index (χ4v) is 6.09. The number of carboxylic acids is 1. The maximum absolute atomic E-state index is 14.4. The molecule has 2 fully saturated rings. The van der Waals surface area contributed by atoms with Gasteiger partial charge in [0.05, 0.1) is 28.8 Å². The monoisotopic (exact) mass is 479 g/mol. The van der Waals surface area contributed by atoms with E-state index in [9.17, 15) is 18.7 Å². The van der Waals surface area contributed by atoms with Crippen molar-refractivity contribution < 1.29 is 23.4 Å². The number of nitrogens with one attached hydrogen (secondary N) is 1. The van der Waals surface area contributed by atoms with E-state index in [1.165, 1.54) is 17.7 Å². The Morgan fingerprint density at radius 1 is 1.00 bits per heavy atom. The molecule has 35 heavy (non-hydrogen) atoms. The number of aromatic amines is 1. The molecule has 0 amide bonds. The van der Waals surface area contributed by atoms with Crippen LogP contribution in [0.25, 0.3) is 27.6 Å². The Labute approximate surface area is 200 Å². The highest BCUT2D eigenvalue weighted by molar-refractivity contribution is 5.98. The van der Waals surface area contributed by atoms with Gasteiger partial charge in [0.25, 0.3) is 0 Å². The van der Waals surface area contributed by atoms with Crippen LogP contribution in [0.2, 0.25) is 0 Å². The van der Waals surface area contributed by atoms with Gasteiger partial charge in [0.2, 0.25) is 0 Å². The van der Waals surface area contributed by atoms with Crippen molar-refractivity contribution >= 4 is 27.9 Å². The maximum atomic E-state index is 14.4. The molecule has 0 unspecified atom stereocenters. The number of imidazole rings is 1. The zero-order chi connectivity index (χ0) is 24.1. The highest BCUT2D eigenvalue weighted by Crippen LogP contribution is 2.47. The van der Waals surface area contributed by atoms with E-state index in [1.54, 1.807) is 12.4 Å². The molecule has 1 aliphatic carbocycles. The number of benzene rings is 2. The molecule has 4 aromatic rings. The fraction of sp³-hybridized carbons (Fsp3) is 0.407. The van der Waals surface area contributed by atoms with E-state index in [0.29, 0.717) is 31.7 Å². The Balaban J connectivity index is 1.62. The topological polar surface area (TPSA) is 80.1 Å². The molecule has 6 rings (SSSR count).